The summed E-state index contributed by atoms with van der Waals surface area (Å²) in [7, 11) is 1.53. The van der Waals surface area contributed by atoms with Crippen molar-refractivity contribution in [1.82, 2.24) is 4.90 Å². The summed E-state index contributed by atoms with van der Waals surface area (Å²) in [6.45, 7) is 0.427. The topological polar surface area (TPSA) is 79.6 Å². The second-order valence-corrected chi connectivity index (χ2v) is 9.37. The van der Waals surface area contributed by atoms with Crippen molar-refractivity contribution in [2.75, 3.05) is 7.11 Å². The van der Waals surface area contributed by atoms with Crippen molar-refractivity contribution in [1.29, 1.82) is 5.26 Å². The Morgan fingerprint density at radius 2 is 1.68 bits per heavy atom. The molecule has 4 aromatic carbocycles. The lowest BCUT2D eigenvalue weighted by Gasteiger charge is -2.14. The average Bonchev–Trinajstić information content (AvgIpc) is 3.19. The van der Waals surface area contributed by atoms with Crippen LogP contribution in [0.1, 0.15) is 22.3 Å². The van der Waals surface area contributed by atoms with E-state index in [-0.39, 0.29) is 24.3 Å². The minimum absolute atomic E-state index is 0.212. The van der Waals surface area contributed by atoms with Gasteiger partial charge in [0.15, 0.2) is 11.5 Å². The van der Waals surface area contributed by atoms with E-state index >= 15 is 0 Å². The number of benzene rings is 4. The molecule has 1 fully saturated rings. The molecule has 6 nitrogen and oxygen atoms in total. The van der Waals surface area contributed by atoms with Gasteiger partial charge in [0, 0.05) is 5.56 Å². The molecule has 0 aromatic heterocycles. The van der Waals surface area contributed by atoms with E-state index in [2.05, 4.69) is 6.07 Å². The molecule has 0 unspecified atom stereocenters. The minimum Gasteiger partial charge on any atom is -0.493 e. The van der Waals surface area contributed by atoms with Gasteiger partial charge < -0.3 is 9.47 Å². The summed E-state index contributed by atoms with van der Waals surface area (Å²) in [4.78, 5) is 27.5. The van der Waals surface area contributed by atoms with Gasteiger partial charge in [-0.2, -0.15) is 5.26 Å². The first-order valence-electron chi connectivity index (χ1n) is 11.6. The molecule has 0 atom stereocenters. The normalized spacial score (nSPS) is 14.3. The molecule has 182 valence electrons. The zero-order valence-corrected chi connectivity index (χ0v) is 20.8. The smallest absolute Gasteiger partial charge is 0.293 e. The van der Waals surface area contributed by atoms with E-state index in [4.69, 9.17) is 9.47 Å². The predicted molar refractivity (Wildman–Crippen MR) is 144 cm³/mol. The number of carbonyl (C=O) groups excluding carboxylic acids is 2. The highest BCUT2D eigenvalue weighted by Crippen LogP contribution is 2.36. The largest absolute Gasteiger partial charge is 0.493 e. The van der Waals surface area contributed by atoms with E-state index in [1.54, 1.807) is 36.4 Å². The summed E-state index contributed by atoms with van der Waals surface area (Å²) in [5, 5.41) is 11.1. The number of ether oxygens (including phenoxy) is 2. The van der Waals surface area contributed by atoms with Crippen LogP contribution in [0.15, 0.2) is 89.8 Å². The van der Waals surface area contributed by atoms with Crippen molar-refractivity contribution in [3.8, 4) is 17.6 Å². The van der Waals surface area contributed by atoms with Crippen LogP contribution < -0.4 is 9.47 Å². The first-order valence-corrected chi connectivity index (χ1v) is 12.4. The average molecular weight is 507 g/mol. The second kappa shape index (κ2) is 10.6. The van der Waals surface area contributed by atoms with Crippen molar-refractivity contribution in [3.63, 3.8) is 0 Å². The van der Waals surface area contributed by atoms with Crippen molar-refractivity contribution in [2.24, 2.45) is 0 Å². The van der Waals surface area contributed by atoms with E-state index in [9.17, 15) is 14.9 Å². The quantitative estimate of drug-likeness (QED) is 0.265. The van der Waals surface area contributed by atoms with Gasteiger partial charge in [0.05, 0.1) is 30.2 Å². The number of rotatable bonds is 7. The molecule has 0 radical (unpaired) electrons. The Morgan fingerprint density at radius 3 is 2.51 bits per heavy atom. The molecule has 0 N–H and O–H groups in total. The Kier molecular flexibility index (Phi) is 6.93. The summed E-state index contributed by atoms with van der Waals surface area (Å²) < 4.78 is 11.4. The number of imide groups is 1. The van der Waals surface area contributed by atoms with Gasteiger partial charge in [0.1, 0.15) is 6.61 Å². The summed E-state index contributed by atoms with van der Waals surface area (Å²) in [5.74, 6) is 0.671. The van der Waals surface area contributed by atoms with E-state index in [1.807, 2.05) is 54.6 Å². The van der Waals surface area contributed by atoms with Gasteiger partial charge in [-0.05, 0) is 57.9 Å². The highest BCUT2D eigenvalue weighted by Gasteiger charge is 2.35. The van der Waals surface area contributed by atoms with Crippen molar-refractivity contribution >= 4 is 39.8 Å². The van der Waals surface area contributed by atoms with Crippen LogP contribution in [0.3, 0.4) is 0 Å². The van der Waals surface area contributed by atoms with Crippen LogP contribution in [0.4, 0.5) is 4.79 Å². The number of hydrogen-bond donors (Lipinski definition) is 0. The van der Waals surface area contributed by atoms with Gasteiger partial charge in [0.25, 0.3) is 11.1 Å². The van der Waals surface area contributed by atoms with E-state index < -0.39 is 0 Å². The fourth-order valence-electron chi connectivity index (χ4n) is 4.19. The third-order valence-electron chi connectivity index (χ3n) is 6.09. The van der Waals surface area contributed by atoms with Gasteiger partial charge in [-0.3, -0.25) is 14.5 Å². The third-order valence-corrected chi connectivity index (χ3v) is 7.00. The molecule has 1 aliphatic rings. The molecule has 37 heavy (non-hydrogen) atoms. The van der Waals surface area contributed by atoms with Crippen LogP contribution in [-0.4, -0.2) is 23.2 Å². The van der Waals surface area contributed by atoms with Crippen LogP contribution in [0.25, 0.3) is 16.8 Å². The zero-order chi connectivity index (χ0) is 25.8. The molecule has 0 saturated carbocycles. The number of nitriles is 1. The minimum atomic E-state index is -0.324. The van der Waals surface area contributed by atoms with Crippen LogP contribution in [0.2, 0.25) is 0 Å². The Labute approximate surface area is 218 Å². The number of fused-ring (bicyclic) bond motifs is 1. The monoisotopic (exact) mass is 506 g/mol. The maximum Gasteiger partial charge on any atom is 0.293 e. The Hall–Kier alpha value is -4.54. The first kappa shape index (κ1) is 24.2. The predicted octanol–water partition coefficient (Wildman–Crippen LogP) is 6.54. The lowest BCUT2D eigenvalue weighted by atomic mass is 10.0. The van der Waals surface area contributed by atoms with Crippen molar-refractivity contribution < 1.29 is 19.1 Å². The fourth-order valence-corrected chi connectivity index (χ4v) is 5.03. The number of nitrogens with zero attached hydrogens (tertiary/aromatic N) is 2. The summed E-state index contributed by atoms with van der Waals surface area (Å²) in [6, 6.07) is 28.5. The number of hydrogen-bond acceptors (Lipinski definition) is 6. The zero-order valence-electron chi connectivity index (χ0n) is 20.0. The molecular formula is C30H22N2O4S. The lowest BCUT2D eigenvalue weighted by Crippen LogP contribution is -2.27. The van der Waals surface area contributed by atoms with Crippen LogP contribution >= 0.6 is 11.8 Å². The summed E-state index contributed by atoms with van der Waals surface area (Å²) in [6.07, 6.45) is 1.69. The molecule has 5 rings (SSSR count). The van der Waals surface area contributed by atoms with Gasteiger partial charge in [0.2, 0.25) is 0 Å². The second-order valence-electron chi connectivity index (χ2n) is 8.37. The van der Waals surface area contributed by atoms with E-state index in [0.29, 0.717) is 27.5 Å². The van der Waals surface area contributed by atoms with Crippen molar-refractivity contribution in [2.45, 2.75) is 13.2 Å². The molecule has 2 amide bonds. The van der Waals surface area contributed by atoms with Crippen LogP contribution in [-0.2, 0) is 17.9 Å². The van der Waals surface area contributed by atoms with Crippen LogP contribution in [0.5, 0.6) is 11.5 Å². The Balaban J connectivity index is 1.34. The highest BCUT2D eigenvalue weighted by molar-refractivity contribution is 8.18. The van der Waals surface area contributed by atoms with E-state index in [1.165, 1.54) is 12.0 Å². The highest BCUT2D eigenvalue weighted by atomic mass is 32.2. The number of amides is 2. The van der Waals surface area contributed by atoms with Gasteiger partial charge in [-0.25, -0.2) is 0 Å². The molecular weight excluding hydrogens is 484 g/mol. The molecule has 0 spiro atoms. The lowest BCUT2D eigenvalue weighted by molar-refractivity contribution is -0.123. The molecule has 0 bridgehead atoms. The molecule has 1 aliphatic heterocycles. The summed E-state index contributed by atoms with van der Waals surface area (Å²) >= 11 is 0.926. The number of methoxy groups -OCH3 is 1. The Bertz CT molecular complexity index is 1580. The summed E-state index contributed by atoms with van der Waals surface area (Å²) in [5.41, 5.74) is 2.95. The van der Waals surface area contributed by atoms with E-state index in [0.717, 1.165) is 33.7 Å². The van der Waals surface area contributed by atoms with Crippen LogP contribution in [0, 0.1) is 11.3 Å². The van der Waals surface area contributed by atoms with Gasteiger partial charge in [-0.15, -0.1) is 0 Å². The van der Waals surface area contributed by atoms with Gasteiger partial charge in [-0.1, -0.05) is 66.7 Å². The molecule has 1 saturated heterocycles. The maximum atomic E-state index is 13.1. The number of thioether (sulfide) groups is 1. The third kappa shape index (κ3) is 5.06. The molecule has 0 aliphatic carbocycles. The molecule has 1 heterocycles. The number of carbonyl (C=O) groups is 2. The SMILES string of the molecule is COc1cc(/C=C2\SC(=O)N(Cc3cccc4ccccc34)C2=O)ccc1OCc1ccccc1C#N. The fraction of sp³-hybridized carbons (Fsp3) is 0.100. The van der Waals surface area contributed by atoms with Crippen molar-refractivity contribution in [3.05, 3.63) is 112 Å². The molecule has 4 aromatic rings. The standard InChI is InChI=1S/C30H22N2O4S/c1-35-27-15-20(13-14-26(27)36-19-24-9-3-2-8-22(24)17-31)16-28-29(33)32(30(34)37-28)18-23-11-6-10-21-7-4-5-12-25(21)23/h2-16H,18-19H2,1H3/b28-16-. The Morgan fingerprint density at radius 1 is 0.919 bits per heavy atom. The first-order chi connectivity index (χ1) is 18.1. The molecule has 7 heteroatoms. The van der Waals surface area contributed by atoms with Gasteiger partial charge >= 0.3 is 0 Å². The maximum absolute atomic E-state index is 13.1.